The Morgan fingerprint density at radius 3 is 2.70 bits per heavy atom. The Morgan fingerprint density at radius 1 is 1.35 bits per heavy atom. The molecule has 0 aliphatic heterocycles. The van der Waals surface area contributed by atoms with Gasteiger partial charge in [0.1, 0.15) is 5.82 Å². The molecule has 0 saturated heterocycles. The maximum Gasteiger partial charge on any atom is 0.235 e. The molecule has 2 rings (SSSR count). The molecule has 0 radical (unpaired) electrons. The highest BCUT2D eigenvalue weighted by Crippen LogP contribution is 2.22. The molecule has 0 atom stereocenters. The third-order valence-electron chi connectivity index (χ3n) is 3.76. The van der Waals surface area contributed by atoms with E-state index in [1.807, 2.05) is 27.0 Å². The Hall–Kier alpha value is -1.76. The first-order valence-corrected chi connectivity index (χ1v) is 8.88. The van der Waals surface area contributed by atoms with Crippen LogP contribution in [0.15, 0.2) is 11.2 Å². The van der Waals surface area contributed by atoms with Crippen molar-refractivity contribution >= 4 is 23.5 Å². The monoisotopic (exact) mass is 335 g/mol. The standard InChI is InChI=1S/C16H25N5OS/c1-6-7-8-21-13(4)12(3)17-16(21)23-10-15(22)18-14-9-11(2)19-20(14)5/h9H,6-8,10H2,1-5H3,(H,18,22). The number of nitrogens with zero attached hydrogens (tertiary/aromatic N) is 4. The minimum atomic E-state index is -0.0432. The van der Waals surface area contributed by atoms with Gasteiger partial charge < -0.3 is 9.88 Å². The van der Waals surface area contributed by atoms with E-state index in [9.17, 15) is 4.79 Å². The Labute approximate surface area is 141 Å². The van der Waals surface area contributed by atoms with E-state index in [0.29, 0.717) is 5.75 Å². The molecule has 0 spiro atoms. The zero-order valence-electron chi connectivity index (χ0n) is 14.5. The van der Waals surface area contributed by atoms with E-state index in [4.69, 9.17) is 0 Å². The molecule has 23 heavy (non-hydrogen) atoms. The Bertz CT molecular complexity index is 689. The van der Waals surface area contributed by atoms with Crippen LogP contribution in [-0.4, -0.2) is 31.0 Å². The molecule has 2 aromatic rings. The van der Waals surface area contributed by atoms with Gasteiger partial charge in [0.05, 0.1) is 17.1 Å². The largest absolute Gasteiger partial charge is 0.323 e. The minimum absolute atomic E-state index is 0.0432. The van der Waals surface area contributed by atoms with Gasteiger partial charge in [-0.2, -0.15) is 5.10 Å². The van der Waals surface area contributed by atoms with Gasteiger partial charge in [0.15, 0.2) is 5.16 Å². The third-order valence-corrected chi connectivity index (χ3v) is 4.74. The average molecular weight is 335 g/mol. The van der Waals surface area contributed by atoms with Crippen molar-refractivity contribution in [1.82, 2.24) is 19.3 Å². The highest BCUT2D eigenvalue weighted by Gasteiger charge is 2.14. The van der Waals surface area contributed by atoms with Gasteiger partial charge in [-0.05, 0) is 27.2 Å². The van der Waals surface area contributed by atoms with Crippen LogP contribution in [0.5, 0.6) is 0 Å². The zero-order chi connectivity index (χ0) is 17.0. The second kappa shape index (κ2) is 7.68. The van der Waals surface area contributed by atoms with Crippen LogP contribution in [0.4, 0.5) is 5.82 Å². The van der Waals surface area contributed by atoms with Crippen LogP contribution in [0.1, 0.15) is 36.8 Å². The van der Waals surface area contributed by atoms with Crippen molar-refractivity contribution in [3.05, 3.63) is 23.1 Å². The summed E-state index contributed by atoms with van der Waals surface area (Å²) < 4.78 is 3.89. The lowest BCUT2D eigenvalue weighted by atomic mass is 10.3. The molecule has 2 heterocycles. The first-order chi connectivity index (χ1) is 10.9. The smallest absolute Gasteiger partial charge is 0.235 e. The van der Waals surface area contributed by atoms with E-state index in [-0.39, 0.29) is 5.91 Å². The predicted octanol–water partition coefficient (Wildman–Crippen LogP) is 3.07. The number of imidazole rings is 1. The van der Waals surface area contributed by atoms with Crippen molar-refractivity contribution in [3.8, 4) is 0 Å². The van der Waals surface area contributed by atoms with E-state index in [1.165, 1.54) is 17.5 Å². The van der Waals surface area contributed by atoms with E-state index < -0.39 is 0 Å². The van der Waals surface area contributed by atoms with E-state index in [1.54, 1.807) is 4.68 Å². The van der Waals surface area contributed by atoms with Crippen molar-refractivity contribution in [1.29, 1.82) is 0 Å². The van der Waals surface area contributed by atoms with Crippen LogP contribution in [0, 0.1) is 20.8 Å². The minimum Gasteiger partial charge on any atom is -0.323 e. The third kappa shape index (κ3) is 4.37. The number of nitrogens with one attached hydrogen (secondary N) is 1. The Morgan fingerprint density at radius 2 is 2.09 bits per heavy atom. The van der Waals surface area contributed by atoms with Crippen LogP contribution in [0.3, 0.4) is 0 Å². The van der Waals surface area contributed by atoms with Gasteiger partial charge in [-0.25, -0.2) is 4.98 Å². The Balaban J connectivity index is 1.98. The number of thioether (sulfide) groups is 1. The average Bonchev–Trinajstić information content (AvgIpc) is 2.95. The number of carbonyl (C=O) groups is 1. The summed E-state index contributed by atoms with van der Waals surface area (Å²) >= 11 is 1.48. The van der Waals surface area contributed by atoms with Gasteiger partial charge in [-0.3, -0.25) is 9.48 Å². The molecule has 0 fully saturated rings. The number of rotatable bonds is 7. The summed E-state index contributed by atoms with van der Waals surface area (Å²) in [6.07, 6.45) is 2.26. The molecule has 0 saturated carbocycles. The highest BCUT2D eigenvalue weighted by atomic mass is 32.2. The maximum atomic E-state index is 12.2. The molecule has 1 amide bonds. The molecule has 0 bridgehead atoms. The topological polar surface area (TPSA) is 64.7 Å². The summed E-state index contributed by atoms with van der Waals surface area (Å²) in [5.74, 6) is 1.01. The molecule has 7 heteroatoms. The fourth-order valence-electron chi connectivity index (χ4n) is 2.35. The Kier molecular flexibility index (Phi) is 5.87. The lowest BCUT2D eigenvalue weighted by molar-refractivity contribution is -0.113. The van der Waals surface area contributed by atoms with Crippen LogP contribution in [-0.2, 0) is 18.4 Å². The van der Waals surface area contributed by atoms with E-state index in [0.717, 1.165) is 41.7 Å². The van der Waals surface area contributed by atoms with Crippen LogP contribution < -0.4 is 5.32 Å². The summed E-state index contributed by atoms with van der Waals surface area (Å²) in [6.45, 7) is 9.13. The molecule has 0 unspecified atom stereocenters. The number of aryl methyl sites for hydroxylation is 3. The number of hydrogen-bond acceptors (Lipinski definition) is 4. The second-order valence-corrected chi connectivity index (χ2v) is 6.64. The summed E-state index contributed by atoms with van der Waals surface area (Å²) in [6, 6.07) is 1.86. The van der Waals surface area contributed by atoms with Crippen LogP contribution in [0.25, 0.3) is 0 Å². The SMILES string of the molecule is CCCCn1c(SCC(=O)Nc2cc(C)nn2C)nc(C)c1C. The van der Waals surface area contributed by atoms with E-state index >= 15 is 0 Å². The molecular weight excluding hydrogens is 310 g/mol. The molecule has 1 N–H and O–H groups in total. The van der Waals surface area contributed by atoms with E-state index in [2.05, 4.69) is 33.8 Å². The van der Waals surface area contributed by atoms with Gasteiger partial charge in [-0.1, -0.05) is 25.1 Å². The molecule has 0 aliphatic rings. The van der Waals surface area contributed by atoms with Crippen LogP contribution in [0.2, 0.25) is 0 Å². The number of unbranched alkanes of at least 4 members (excludes halogenated alkanes) is 1. The lowest BCUT2D eigenvalue weighted by Crippen LogP contribution is -2.17. The predicted molar refractivity (Wildman–Crippen MR) is 93.9 cm³/mol. The maximum absolute atomic E-state index is 12.2. The first kappa shape index (κ1) is 17.6. The lowest BCUT2D eigenvalue weighted by Gasteiger charge is -2.09. The van der Waals surface area contributed by atoms with Crippen molar-refractivity contribution in [2.24, 2.45) is 7.05 Å². The van der Waals surface area contributed by atoms with Crippen LogP contribution >= 0.6 is 11.8 Å². The van der Waals surface area contributed by atoms with Gasteiger partial charge in [0, 0.05) is 25.4 Å². The molecular formula is C16H25N5OS. The van der Waals surface area contributed by atoms with Gasteiger partial charge in [-0.15, -0.1) is 0 Å². The first-order valence-electron chi connectivity index (χ1n) is 7.89. The van der Waals surface area contributed by atoms with Crippen molar-refractivity contribution in [2.75, 3.05) is 11.1 Å². The molecule has 126 valence electrons. The quantitative estimate of drug-likeness (QED) is 0.790. The summed E-state index contributed by atoms with van der Waals surface area (Å²) in [5, 5.41) is 8.03. The fourth-order valence-corrected chi connectivity index (χ4v) is 3.27. The van der Waals surface area contributed by atoms with Gasteiger partial charge >= 0.3 is 0 Å². The van der Waals surface area contributed by atoms with Crippen molar-refractivity contribution in [2.45, 2.75) is 52.2 Å². The normalized spacial score (nSPS) is 11.0. The number of anilines is 1. The fraction of sp³-hybridized carbons (Fsp3) is 0.562. The number of hydrogen-bond donors (Lipinski definition) is 1. The van der Waals surface area contributed by atoms with Gasteiger partial charge in [0.25, 0.3) is 0 Å². The highest BCUT2D eigenvalue weighted by molar-refractivity contribution is 7.99. The van der Waals surface area contributed by atoms with Crippen molar-refractivity contribution < 1.29 is 4.79 Å². The second-order valence-electron chi connectivity index (χ2n) is 5.70. The van der Waals surface area contributed by atoms with Crippen molar-refractivity contribution in [3.63, 3.8) is 0 Å². The number of amides is 1. The molecule has 2 aromatic heterocycles. The molecule has 0 aliphatic carbocycles. The zero-order valence-corrected chi connectivity index (χ0v) is 15.3. The van der Waals surface area contributed by atoms with Gasteiger partial charge in [0.2, 0.25) is 5.91 Å². The number of carbonyl (C=O) groups excluding carboxylic acids is 1. The summed E-state index contributed by atoms with van der Waals surface area (Å²) in [5.41, 5.74) is 3.10. The molecule has 6 nitrogen and oxygen atoms in total. The summed E-state index contributed by atoms with van der Waals surface area (Å²) in [4.78, 5) is 16.7. The molecule has 0 aromatic carbocycles. The summed E-state index contributed by atoms with van der Waals surface area (Å²) in [7, 11) is 1.82. The number of aromatic nitrogens is 4.